The molecule has 0 saturated carbocycles. The minimum absolute atomic E-state index is 0.182. The first-order valence-corrected chi connectivity index (χ1v) is 11.3. The van der Waals surface area contributed by atoms with Crippen LogP contribution < -0.4 is 0 Å². The molecular formula is C26H23F3N2S. The number of fused-ring (bicyclic) bond motifs is 2. The summed E-state index contributed by atoms with van der Waals surface area (Å²) >= 11 is 1.22. The highest BCUT2D eigenvalue weighted by atomic mass is 32.1. The highest BCUT2D eigenvalue weighted by molar-refractivity contribution is 7.15. The predicted octanol–water partition coefficient (Wildman–Crippen LogP) is 8.37. The molecule has 0 bridgehead atoms. The average molecular weight is 453 g/mol. The Kier molecular flexibility index (Phi) is 4.75. The van der Waals surface area contributed by atoms with Gasteiger partial charge in [-0.15, -0.1) is 11.3 Å². The summed E-state index contributed by atoms with van der Waals surface area (Å²) in [4.78, 5) is 7.64. The predicted molar refractivity (Wildman–Crippen MR) is 127 cm³/mol. The van der Waals surface area contributed by atoms with E-state index in [1.54, 1.807) is 24.3 Å². The van der Waals surface area contributed by atoms with Crippen LogP contribution in [-0.4, -0.2) is 16.1 Å². The fourth-order valence-electron chi connectivity index (χ4n) is 4.43. The molecule has 1 unspecified atom stereocenters. The van der Waals surface area contributed by atoms with Gasteiger partial charge in [-0.3, -0.25) is 0 Å². The summed E-state index contributed by atoms with van der Waals surface area (Å²) in [7, 11) is 0. The van der Waals surface area contributed by atoms with E-state index in [9.17, 15) is 13.2 Å². The van der Waals surface area contributed by atoms with Crippen molar-refractivity contribution in [3.63, 3.8) is 0 Å². The third-order valence-electron chi connectivity index (χ3n) is 5.87. The van der Waals surface area contributed by atoms with Crippen LogP contribution >= 0.6 is 11.3 Å². The quantitative estimate of drug-likeness (QED) is 0.276. The number of hydrogen-bond acceptors (Lipinski definition) is 1. The molecule has 3 heterocycles. The van der Waals surface area contributed by atoms with E-state index in [0.29, 0.717) is 15.8 Å². The Morgan fingerprint density at radius 3 is 2.16 bits per heavy atom. The highest BCUT2D eigenvalue weighted by Gasteiger charge is 2.44. The summed E-state index contributed by atoms with van der Waals surface area (Å²) < 4.78 is 43.1. The lowest BCUT2D eigenvalue weighted by Gasteiger charge is -2.20. The van der Waals surface area contributed by atoms with Crippen molar-refractivity contribution < 1.29 is 13.2 Å². The molecule has 32 heavy (non-hydrogen) atoms. The summed E-state index contributed by atoms with van der Waals surface area (Å²) in [5.74, 6) is -1.68. The highest BCUT2D eigenvalue weighted by Crippen LogP contribution is 2.48. The number of thiophene rings is 1. The molecule has 0 spiro atoms. The van der Waals surface area contributed by atoms with E-state index in [4.69, 9.17) is 0 Å². The zero-order valence-corrected chi connectivity index (χ0v) is 18.8. The average Bonchev–Trinajstić information content (AvgIpc) is 3.44. The Labute approximate surface area is 188 Å². The SMILES string of the molecule is CC(C)(C)c1[nH]c2ccccc2c1-c1ccc(C(c2c[nH]c3ccccc23)C(F)(F)F)s1. The maximum atomic E-state index is 14.4. The molecule has 5 rings (SSSR count). The van der Waals surface area contributed by atoms with Gasteiger partial charge >= 0.3 is 6.18 Å². The zero-order chi connectivity index (χ0) is 22.7. The molecule has 0 fully saturated rings. The second kappa shape index (κ2) is 7.27. The van der Waals surface area contributed by atoms with Crippen LogP contribution in [0.15, 0.2) is 66.9 Å². The van der Waals surface area contributed by atoms with Gasteiger partial charge in [-0.05, 0) is 29.8 Å². The van der Waals surface area contributed by atoms with E-state index in [1.165, 1.54) is 17.5 Å². The molecule has 0 saturated heterocycles. The molecule has 2 N–H and O–H groups in total. The fraction of sp³-hybridized carbons (Fsp3) is 0.231. The van der Waals surface area contributed by atoms with Crippen LogP contribution in [0.5, 0.6) is 0 Å². The Hall–Kier alpha value is -2.99. The maximum absolute atomic E-state index is 14.4. The van der Waals surface area contributed by atoms with Crippen LogP contribution in [0.2, 0.25) is 0 Å². The van der Waals surface area contributed by atoms with E-state index in [0.717, 1.165) is 27.0 Å². The number of alkyl halides is 3. The van der Waals surface area contributed by atoms with Gasteiger partial charge in [0.2, 0.25) is 0 Å². The van der Waals surface area contributed by atoms with Crippen LogP contribution in [0.4, 0.5) is 13.2 Å². The van der Waals surface area contributed by atoms with Crippen LogP contribution in [-0.2, 0) is 5.41 Å². The van der Waals surface area contributed by atoms with Crippen molar-refractivity contribution in [1.82, 2.24) is 9.97 Å². The Balaban J connectivity index is 1.69. The second-order valence-electron chi connectivity index (χ2n) is 9.14. The molecule has 0 radical (unpaired) electrons. The smallest absolute Gasteiger partial charge is 0.361 e. The number of hydrogen-bond donors (Lipinski definition) is 2. The topological polar surface area (TPSA) is 31.6 Å². The molecule has 0 aliphatic carbocycles. The molecule has 1 atom stereocenters. The van der Waals surface area contributed by atoms with Crippen molar-refractivity contribution >= 4 is 33.1 Å². The van der Waals surface area contributed by atoms with E-state index >= 15 is 0 Å². The first-order valence-electron chi connectivity index (χ1n) is 10.5. The van der Waals surface area contributed by atoms with Crippen molar-refractivity contribution in [3.8, 4) is 10.4 Å². The van der Waals surface area contributed by atoms with Gasteiger partial charge < -0.3 is 9.97 Å². The lowest BCUT2D eigenvalue weighted by atomic mass is 9.88. The van der Waals surface area contributed by atoms with Crippen LogP contribution in [0.25, 0.3) is 32.2 Å². The summed E-state index contributed by atoms with van der Waals surface area (Å²) in [6, 6.07) is 18.6. The van der Waals surface area contributed by atoms with E-state index in [2.05, 4.69) is 30.7 Å². The van der Waals surface area contributed by atoms with Gasteiger partial charge in [-0.1, -0.05) is 57.2 Å². The molecule has 5 aromatic rings. The standard InChI is InChI=1S/C26H23F3N2S/c1-25(2,3)24-22(16-9-5-7-11-19(16)31-24)20-12-13-21(32-20)23(26(27,28)29)17-14-30-18-10-6-4-8-15(17)18/h4-14,23,30-31H,1-3H3. The molecule has 3 aromatic heterocycles. The third-order valence-corrected chi connectivity index (χ3v) is 7.04. The molecule has 0 aliphatic rings. The number of nitrogens with one attached hydrogen (secondary N) is 2. The van der Waals surface area contributed by atoms with Gasteiger partial charge in [-0.2, -0.15) is 13.2 Å². The third kappa shape index (κ3) is 3.43. The van der Waals surface area contributed by atoms with Gasteiger partial charge in [0.1, 0.15) is 5.92 Å². The van der Waals surface area contributed by atoms with Gasteiger partial charge in [0, 0.05) is 54.4 Å². The summed E-state index contributed by atoms with van der Waals surface area (Å²) in [5, 5.41) is 1.63. The molecule has 164 valence electrons. The first kappa shape index (κ1) is 20.9. The van der Waals surface area contributed by atoms with Gasteiger partial charge in [-0.25, -0.2) is 0 Å². The lowest BCUT2D eigenvalue weighted by Crippen LogP contribution is -2.20. The zero-order valence-electron chi connectivity index (χ0n) is 18.0. The molecule has 6 heteroatoms. The Morgan fingerprint density at radius 1 is 0.812 bits per heavy atom. The van der Waals surface area contributed by atoms with Crippen molar-refractivity contribution in [2.45, 2.75) is 38.3 Å². The Morgan fingerprint density at radius 2 is 1.47 bits per heavy atom. The van der Waals surface area contributed by atoms with Crippen molar-refractivity contribution in [2.24, 2.45) is 0 Å². The minimum atomic E-state index is -4.40. The summed E-state index contributed by atoms with van der Waals surface area (Å²) in [6.45, 7) is 6.33. The monoisotopic (exact) mass is 452 g/mol. The Bertz CT molecular complexity index is 1410. The minimum Gasteiger partial charge on any atom is -0.361 e. The maximum Gasteiger partial charge on any atom is 0.400 e. The second-order valence-corrected chi connectivity index (χ2v) is 10.3. The van der Waals surface area contributed by atoms with Crippen LogP contribution in [0, 0.1) is 0 Å². The normalized spacial score (nSPS) is 13.8. The lowest BCUT2D eigenvalue weighted by molar-refractivity contribution is -0.140. The fourth-order valence-corrected chi connectivity index (χ4v) is 5.65. The summed E-state index contributed by atoms with van der Waals surface area (Å²) in [5.41, 5.74) is 3.80. The van der Waals surface area contributed by atoms with Gasteiger partial charge in [0.05, 0.1) is 0 Å². The molecule has 0 amide bonds. The summed E-state index contributed by atoms with van der Waals surface area (Å²) in [6.07, 6.45) is -2.91. The molecule has 2 nitrogen and oxygen atoms in total. The van der Waals surface area contributed by atoms with E-state index in [-0.39, 0.29) is 11.0 Å². The number of aromatic nitrogens is 2. The molecular weight excluding hydrogens is 429 g/mol. The van der Waals surface area contributed by atoms with Crippen molar-refractivity contribution in [3.05, 3.63) is 83.0 Å². The van der Waals surface area contributed by atoms with Crippen molar-refractivity contribution in [1.29, 1.82) is 0 Å². The number of halogens is 3. The van der Waals surface area contributed by atoms with Crippen LogP contribution in [0.3, 0.4) is 0 Å². The van der Waals surface area contributed by atoms with Crippen molar-refractivity contribution in [2.75, 3.05) is 0 Å². The largest absolute Gasteiger partial charge is 0.400 e. The van der Waals surface area contributed by atoms with Crippen LogP contribution in [0.1, 0.15) is 42.8 Å². The number of para-hydroxylation sites is 2. The van der Waals surface area contributed by atoms with E-state index in [1.807, 2.05) is 36.4 Å². The number of aromatic amines is 2. The number of H-pyrrole nitrogens is 2. The number of rotatable bonds is 3. The van der Waals surface area contributed by atoms with Gasteiger partial charge in [0.15, 0.2) is 0 Å². The molecule has 0 aliphatic heterocycles. The first-order chi connectivity index (χ1) is 15.1. The molecule has 2 aromatic carbocycles. The van der Waals surface area contributed by atoms with E-state index < -0.39 is 12.1 Å². The number of benzene rings is 2. The van der Waals surface area contributed by atoms with Gasteiger partial charge in [0.25, 0.3) is 0 Å².